The van der Waals surface area contributed by atoms with Crippen molar-refractivity contribution in [3.05, 3.63) is 23.9 Å². The van der Waals surface area contributed by atoms with Gasteiger partial charge in [-0.3, -0.25) is 4.79 Å². The summed E-state index contributed by atoms with van der Waals surface area (Å²) in [6.45, 7) is 5.55. The van der Waals surface area contributed by atoms with E-state index in [1.807, 2.05) is 14.1 Å². The molecule has 18 heavy (non-hydrogen) atoms. The van der Waals surface area contributed by atoms with Gasteiger partial charge in [0, 0.05) is 18.2 Å². The van der Waals surface area contributed by atoms with Gasteiger partial charge in [-0.1, -0.05) is 13.8 Å². The molecule has 1 heterocycles. The molecule has 0 radical (unpaired) electrons. The smallest absolute Gasteiger partial charge is 0.254 e. The van der Waals surface area contributed by atoms with Crippen molar-refractivity contribution in [2.45, 2.75) is 13.8 Å². The maximum atomic E-state index is 11.2. The molecule has 1 aromatic rings. The number of rotatable bonds is 6. The van der Waals surface area contributed by atoms with Crippen LogP contribution in [-0.4, -0.2) is 43.0 Å². The highest BCUT2D eigenvalue weighted by atomic mass is 16.5. The highest BCUT2D eigenvalue weighted by Gasteiger charge is 2.21. The molecule has 2 N–H and O–H groups in total. The third kappa shape index (κ3) is 4.33. The quantitative estimate of drug-likeness (QED) is 0.823. The van der Waals surface area contributed by atoms with Crippen LogP contribution in [0.5, 0.6) is 5.88 Å². The van der Waals surface area contributed by atoms with Gasteiger partial charge in [0.2, 0.25) is 5.88 Å². The highest BCUT2D eigenvalue weighted by Crippen LogP contribution is 2.20. The average molecular weight is 251 g/mol. The van der Waals surface area contributed by atoms with Gasteiger partial charge in [-0.25, -0.2) is 4.98 Å². The number of hydrogen-bond donors (Lipinski definition) is 1. The second-order valence-electron chi connectivity index (χ2n) is 5.41. The first-order valence-corrected chi connectivity index (χ1v) is 5.84. The number of carbonyl (C=O) groups excluding carboxylic acids is 1. The summed E-state index contributed by atoms with van der Waals surface area (Å²) in [5.41, 5.74) is 5.55. The standard InChI is InChI=1S/C13H21N3O2/c1-13(2,8-16(3)4)9-18-12-10(11(14)17)6-5-7-15-12/h5-7H,8-9H2,1-4H3,(H2,14,17). The van der Waals surface area contributed by atoms with Crippen LogP contribution in [0.3, 0.4) is 0 Å². The molecule has 0 saturated carbocycles. The Morgan fingerprint density at radius 3 is 2.72 bits per heavy atom. The Balaban J connectivity index is 2.71. The first-order valence-electron chi connectivity index (χ1n) is 5.84. The molecule has 0 unspecified atom stereocenters. The van der Waals surface area contributed by atoms with Gasteiger partial charge in [0.25, 0.3) is 5.91 Å². The lowest BCUT2D eigenvalue weighted by Crippen LogP contribution is -2.34. The van der Waals surface area contributed by atoms with Crippen molar-refractivity contribution in [2.24, 2.45) is 11.1 Å². The maximum absolute atomic E-state index is 11.2. The number of nitrogens with zero attached hydrogens (tertiary/aromatic N) is 2. The first kappa shape index (κ1) is 14.4. The number of primary amides is 1. The van der Waals surface area contributed by atoms with Crippen LogP contribution < -0.4 is 10.5 Å². The molecule has 0 aromatic carbocycles. The summed E-state index contributed by atoms with van der Waals surface area (Å²) in [4.78, 5) is 17.4. The molecule has 1 rings (SSSR count). The highest BCUT2D eigenvalue weighted by molar-refractivity contribution is 5.94. The second kappa shape index (κ2) is 5.82. The first-order chi connectivity index (χ1) is 8.32. The van der Waals surface area contributed by atoms with E-state index in [-0.39, 0.29) is 5.41 Å². The van der Waals surface area contributed by atoms with Crippen molar-refractivity contribution in [1.29, 1.82) is 0 Å². The van der Waals surface area contributed by atoms with Crippen molar-refractivity contribution in [3.8, 4) is 5.88 Å². The topological polar surface area (TPSA) is 68.4 Å². The molecule has 0 fully saturated rings. The Morgan fingerprint density at radius 1 is 1.50 bits per heavy atom. The number of ether oxygens (including phenoxy) is 1. The third-order valence-electron chi connectivity index (χ3n) is 2.38. The third-order valence-corrected chi connectivity index (χ3v) is 2.38. The molecule has 0 aliphatic heterocycles. The molecule has 5 nitrogen and oxygen atoms in total. The summed E-state index contributed by atoms with van der Waals surface area (Å²) < 4.78 is 5.63. The van der Waals surface area contributed by atoms with Gasteiger partial charge in [0.15, 0.2) is 0 Å². The summed E-state index contributed by atoms with van der Waals surface area (Å²) in [5, 5.41) is 0. The van der Waals surface area contributed by atoms with Crippen LogP contribution in [0.25, 0.3) is 0 Å². The van der Waals surface area contributed by atoms with E-state index in [2.05, 4.69) is 23.7 Å². The van der Waals surface area contributed by atoms with Crippen LogP contribution in [0.1, 0.15) is 24.2 Å². The Labute approximate surface area is 108 Å². The fourth-order valence-corrected chi connectivity index (χ4v) is 1.86. The molecule has 1 amide bonds. The Bertz CT molecular complexity index is 416. The minimum atomic E-state index is -0.525. The Hall–Kier alpha value is -1.62. The molecular weight excluding hydrogens is 230 g/mol. The van der Waals surface area contributed by atoms with Gasteiger partial charge in [-0.15, -0.1) is 0 Å². The largest absolute Gasteiger partial charge is 0.476 e. The molecule has 0 bridgehead atoms. The SMILES string of the molecule is CN(C)CC(C)(C)COc1ncccc1C(N)=O. The van der Waals surface area contributed by atoms with Gasteiger partial charge in [-0.05, 0) is 26.2 Å². The molecule has 1 aromatic heterocycles. The zero-order valence-corrected chi connectivity index (χ0v) is 11.4. The summed E-state index contributed by atoms with van der Waals surface area (Å²) in [6, 6.07) is 3.28. The molecular formula is C13H21N3O2. The van der Waals surface area contributed by atoms with Gasteiger partial charge in [0.05, 0.1) is 6.61 Å². The normalized spacial score (nSPS) is 11.6. The molecule has 0 saturated heterocycles. The van der Waals surface area contributed by atoms with E-state index in [0.717, 1.165) is 6.54 Å². The molecule has 0 aliphatic carbocycles. The predicted molar refractivity (Wildman–Crippen MR) is 70.6 cm³/mol. The molecule has 5 heteroatoms. The summed E-state index contributed by atoms with van der Waals surface area (Å²) in [7, 11) is 4.02. The van der Waals surface area contributed by atoms with Gasteiger partial charge < -0.3 is 15.4 Å². The number of pyridine rings is 1. The predicted octanol–water partition coefficient (Wildman–Crippen LogP) is 1.15. The van der Waals surface area contributed by atoms with Crippen LogP contribution in [-0.2, 0) is 0 Å². The Kier molecular flexibility index (Phi) is 4.67. The lowest BCUT2D eigenvalue weighted by Gasteiger charge is -2.28. The molecule has 100 valence electrons. The monoisotopic (exact) mass is 251 g/mol. The van der Waals surface area contributed by atoms with E-state index in [4.69, 9.17) is 10.5 Å². The second-order valence-corrected chi connectivity index (χ2v) is 5.41. The van der Waals surface area contributed by atoms with E-state index in [1.165, 1.54) is 0 Å². The number of aromatic nitrogens is 1. The number of carbonyl (C=O) groups is 1. The Morgan fingerprint density at radius 2 is 2.17 bits per heavy atom. The van der Waals surface area contributed by atoms with Crippen LogP contribution in [0.2, 0.25) is 0 Å². The fraction of sp³-hybridized carbons (Fsp3) is 0.538. The lowest BCUT2D eigenvalue weighted by molar-refractivity contribution is 0.0985. The lowest BCUT2D eigenvalue weighted by atomic mass is 9.94. The minimum absolute atomic E-state index is 0.0318. The zero-order valence-electron chi connectivity index (χ0n) is 11.4. The van der Waals surface area contributed by atoms with Crippen LogP contribution in [0, 0.1) is 5.41 Å². The van der Waals surface area contributed by atoms with E-state index in [9.17, 15) is 4.79 Å². The van der Waals surface area contributed by atoms with Crippen molar-refractivity contribution in [3.63, 3.8) is 0 Å². The van der Waals surface area contributed by atoms with Crippen LogP contribution in [0.4, 0.5) is 0 Å². The fourth-order valence-electron chi connectivity index (χ4n) is 1.86. The zero-order chi connectivity index (χ0) is 13.8. The summed E-state index contributed by atoms with van der Waals surface area (Å²) in [5.74, 6) is -0.222. The average Bonchev–Trinajstić information content (AvgIpc) is 2.25. The summed E-state index contributed by atoms with van der Waals surface area (Å²) >= 11 is 0. The number of hydrogen-bond acceptors (Lipinski definition) is 4. The molecule has 0 aliphatic rings. The van der Waals surface area contributed by atoms with Gasteiger partial charge >= 0.3 is 0 Å². The van der Waals surface area contributed by atoms with Crippen LogP contribution in [0.15, 0.2) is 18.3 Å². The van der Waals surface area contributed by atoms with E-state index in [1.54, 1.807) is 18.3 Å². The van der Waals surface area contributed by atoms with Crippen molar-refractivity contribution in [1.82, 2.24) is 9.88 Å². The van der Waals surface area contributed by atoms with E-state index >= 15 is 0 Å². The van der Waals surface area contributed by atoms with Crippen LogP contribution >= 0.6 is 0 Å². The summed E-state index contributed by atoms with van der Waals surface area (Å²) in [6.07, 6.45) is 1.58. The van der Waals surface area contributed by atoms with Crippen molar-refractivity contribution < 1.29 is 9.53 Å². The number of nitrogens with two attached hydrogens (primary N) is 1. The van der Waals surface area contributed by atoms with Gasteiger partial charge in [-0.2, -0.15) is 0 Å². The van der Waals surface area contributed by atoms with E-state index in [0.29, 0.717) is 18.1 Å². The van der Waals surface area contributed by atoms with Crippen molar-refractivity contribution >= 4 is 5.91 Å². The minimum Gasteiger partial charge on any atom is -0.476 e. The van der Waals surface area contributed by atoms with Gasteiger partial charge in [0.1, 0.15) is 5.56 Å². The van der Waals surface area contributed by atoms with Crippen molar-refractivity contribution in [2.75, 3.05) is 27.2 Å². The maximum Gasteiger partial charge on any atom is 0.254 e. The molecule has 0 spiro atoms. The van der Waals surface area contributed by atoms with E-state index < -0.39 is 5.91 Å². The number of amides is 1. The molecule has 0 atom stereocenters.